The predicted molar refractivity (Wildman–Crippen MR) is 113 cm³/mol. The van der Waals surface area contributed by atoms with Crippen molar-refractivity contribution >= 4 is 23.7 Å². The van der Waals surface area contributed by atoms with Crippen molar-refractivity contribution in [3.05, 3.63) is 71.8 Å². The third-order valence-corrected chi connectivity index (χ3v) is 5.19. The molecule has 154 valence electrons. The van der Waals surface area contributed by atoms with Gasteiger partial charge in [0.25, 0.3) is 0 Å². The maximum absolute atomic E-state index is 12.6. The summed E-state index contributed by atoms with van der Waals surface area (Å²) in [5.41, 5.74) is 2.09. The fourth-order valence-corrected chi connectivity index (χ4v) is 3.65. The number of likely N-dealkylation sites (tertiary alicyclic amines) is 1. The standard InChI is InChI=1S/C22H26ClN3O3/c23-12-13-24-21(27)25-20-15-26(14-11-19(20)18-9-5-2-6-10-18)22(28)29-16-17-7-3-1-4-8-17/h1-10,19-20H,11-16H2,(H2,24,25,27)/t19-,20+/m0/s1. The van der Waals surface area contributed by atoms with Gasteiger partial charge in [-0.2, -0.15) is 0 Å². The van der Waals surface area contributed by atoms with Crippen molar-refractivity contribution in [2.24, 2.45) is 0 Å². The van der Waals surface area contributed by atoms with E-state index >= 15 is 0 Å². The van der Waals surface area contributed by atoms with Crippen LogP contribution in [0.5, 0.6) is 0 Å². The van der Waals surface area contributed by atoms with E-state index < -0.39 is 0 Å². The highest BCUT2D eigenvalue weighted by Crippen LogP contribution is 2.28. The molecule has 0 saturated carbocycles. The molecule has 0 aromatic heterocycles. The lowest BCUT2D eigenvalue weighted by molar-refractivity contribution is 0.0802. The van der Waals surface area contributed by atoms with Gasteiger partial charge >= 0.3 is 12.1 Å². The van der Waals surface area contributed by atoms with Crippen molar-refractivity contribution in [1.82, 2.24) is 15.5 Å². The smallest absolute Gasteiger partial charge is 0.410 e. The van der Waals surface area contributed by atoms with E-state index in [1.807, 2.05) is 48.5 Å². The van der Waals surface area contributed by atoms with Gasteiger partial charge in [0.05, 0.1) is 6.04 Å². The van der Waals surface area contributed by atoms with Crippen LogP contribution >= 0.6 is 11.6 Å². The molecule has 1 aliphatic heterocycles. The number of ether oxygens (including phenoxy) is 1. The Balaban J connectivity index is 1.64. The zero-order valence-electron chi connectivity index (χ0n) is 16.2. The maximum atomic E-state index is 12.6. The van der Waals surface area contributed by atoms with E-state index in [4.69, 9.17) is 16.3 Å². The number of amides is 3. The highest BCUT2D eigenvalue weighted by Gasteiger charge is 2.34. The lowest BCUT2D eigenvalue weighted by atomic mass is 9.85. The number of hydrogen-bond acceptors (Lipinski definition) is 3. The molecule has 7 heteroatoms. The Morgan fingerprint density at radius 1 is 1.07 bits per heavy atom. The molecular formula is C22H26ClN3O3. The summed E-state index contributed by atoms with van der Waals surface area (Å²) in [7, 11) is 0. The second kappa shape index (κ2) is 10.7. The monoisotopic (exact) mass is 415 g/mol. The molecule has 2 aromatic carbocycles. The van der Waals surface area contributed by atoms with Gasteiger partial charge in [-0.15, -0.1) is 11.6 Å². The van der Waals surface area contributed by atoms with Gasteiger partial charge in [0, 0.05) is 31.4 Å². The average Bonchev–Trinajstić information content (AvgIpc) is 2.77. The Morgan fingerprint density at radius 3 is 2.45 bits per heavy atom. The van der Waals surface area contributed by atoms with Crippen LogP contribution in [0.15, 0.2) is 60.7 Å². The van der Waals surface area contributed by atoms with Crippen molar-refractivity contribution in [3.8, 4) is 0 Å². The molecule has 6 nitrogen and oxygen atoms in total. The molecule has 1 aliphatic rings. The van der Waals surface area contributed by atoms with Gasteiger partial charge in [0.2, 0.25) is 0 Å². The molecule has 1 saturated heterocycles. The minimum atomic E-state index is -0.367. The van der Waals surface area contributed by atoms with Crippen LogP contribution in [-0.2, 0) is 11.3 Å². The zero-order chi connectivity index (χ0) is 20.5. The minimum Gasteiger partial charge on any atom is -0.445 e. The van der Waals surface area contributed by atoms with Crippen LogP contribution in [0, 0.1) is 0 Å². The number of nitrogens with zero attached hydrogens (tertiary/aromatic N) is 1. The number of urea groups is 1. The summed E-state index contributed by atoms with van der Waals surface area (Å²) in [5, 5.41) is 5.73. The number of nitrogens with one attached hydrogen (secondary N) is 2. The SMILES string of the molecule is O=C(NCCCl)N[C@@H]1CN(C(=O)OCc2ccccc2)CC[C@H]1c1ccccc1. The average molecular weight is 416 g/mol. The third kappa shape index (κ3) is 6.12. The number of piperidine rings is 1. The van der Waals surface area contributed by atoms with Gasteiger partial charge in [-0.25, -0.2) is 9.59 Å². The third-order valence-electron chi connectivity index (χ3n) is 5.00. The first-order valence-electron chi connectivity index (χ1n) is 9.78. The summed E-state index contributed by atoms with van der Waals surface area (Å²) >= 11 is 5.65. The normalized spacial score (nSPS) is 18.7. The molecule has 2 N–H and O–H groups in total. The lowest BCUT2D eigenvalue weighted by Crippen LogP contribution is -2.55. The molecule has 2 atom stereocenters. The van der Waals surface area contributed by atoms with E-state index in [1.165, 1.54) is 0 Å². The summed E-state index contributed by atoms with van der Waals surface area (Å²) in [6.45, 7) is 1.58. The molecule has 0 aliphatic carbocycles. The van der Waals surface area contributed by atoms with Gasteiger partial charge < -0.3 is 20.3 Å². The summed E-state index contributed by atoms with van der Waals surface area (Å²) in [6.07, 6.45) is 0.374. The summed E-state index contributed by atoms with van der Waals surface area (Å²) in [5.74, 6) is 0.467. The van der Waals surface area contributed by atoms with Gasteiger partial charge in [-0.3, -0.25) is 0 Å². The topological polar surface area (TPSA) is 70.7 Å². The van der Waals surface area contributed by atoms with Crippen molar-refractivity contribution in [2.45, 2.75) is 25.0 Å². The quantitative estimate of drug-likeness (QED) is 0.706. The van der Waals surface area contributed by atoms with Crippen molar-refractivity contribution in [2.75, 3.05) is 25.5 Å². The van der Waals surface area contributed by atoms with Gasteiger partial charge in [-0.05, 0) is 17.5 Å². The number of hydrogen-bond donors (Lipinski definition) is 2. The lowest BCUT2D eigenvalue weighted by Gasteiger charge is -2.38. The minimum absolute atomic E-state index is 0.121. The van der Waals surface area contributed by atoms with E-state index in [-0.39, 0.29) is 30.7 Å². The molecule has 3 rings (SSSR count). The highest BCUT2D eigenvalue weighted by atomic mass is 35.5. The predicted octanol–water partition coefficient (Wildman–Crippen LogP) is 3.72. The van der Waals surface area contributed by atoms with Crippen LogP contribution in [0.25, 0.3) is 0 Å². The van der Waals surface area contributed by atoms with Gasteiger partial charge in [0.1, 0.15) is 6.61 Å². The number of rotatable bonds is 6. The second-order valence-corrected chi connectivity index (χ2v) is 7.37. The summed E-state index contributed by atoms with van der Waals surface area (Å²) < 4.78 is 5.47. The first kappa shape index (κ1) is 21.0. The van der Waals surface area contributed by atoms with Crippen LogP contribution in [0.2, 0.25) is 0 Å². The Bertz CT molecular complexity index is 788. The first-order chi connectivity index (χ1) is 14.2. The van der Waals surface area contributed by atoms with Crippen LogP contribution < -0.4 is 10.6 Å². The number of carbonyl (C=O) groups excluding carboxylic acids is 2. The Kier molecular flexibility index (Phi) is 7.76. The van der Waals surface area contributed by atoms with Crippen LogP contribution in [-0.4, -0.2) is 48.6 Å². The van der Waals surface area contributed by atoms with Crippen LogP contribution in [0.4, 0.5) is 9.59 Å². The number of benzene rings is 2. The number of alkyl halides is 1. The number of carbonyl (C=O) groups is 2. The van der Waals surface area contributed by atoms with Gasteiger partial charge in [-0.1, -0.05) is 60.7 Å². The van der Waals surface area contributed by atoms with Crippen LogP contribution in [0.1, 0.15) is 23.5 Å². The van der Waals surface area contributed by atoms with Crippen LogP contribution in [0.3, 0.4) is 0 Å². The summed E-state index contributed by atoms with van der Waals surface area (Å²) in [6, 6.07) is 19.1. The molecule has 2 aromatic rings. The fraction of sp³-hybridized carbons (Fsp3) is 0.364. The van der Waals surface area contributed by atoms with Crippen molar-refractivity contribution in [1.29, 1.82) is 0 Å². The second-order valence-electron chi connectivity index (χ2n) is 6.99. The fourth-order valence-electron chi connectivity index (χ4n) is 3.55. The molecule has 3 amide bonds. The Hall–Kier alpha value is -2.73. The van der Waals surface area contributed by atoms with E-state index in [0.29, 0.717) is 25.5 Å². The molecule has 1 fully saturated rings. The Morgan fingerprint density at radius 2 is 1.76 bits per heavy atom. The molecule has 0 unspecified atom stereocenters. The first-order valence-corrected chi connectivity index (χ1v) is 10.3. The Labute approximate surface area is 176 Å². The van der Waals surface area contributed by atoms with E-state index in [2.05, 4.69) is 22.8 Å². The molecule has 0 spiro atoms. The maximum Gasteiger partial charge on any atom is 0.410 e. The zero-order valence-corrected chi connectivity index (χ0v) is 17.0. The largest absolute Gasteiger partial charge is 0.445 e. The molecule has 0 radical (unpaired) electrons. The molecule has 1 heterocycles. The van der Waals surface area contributed by atoms with Crippen molar-refractivity contribution < 1.29 is 14.3 Å². The number of halogens is 1. The van der Waals surface area contributed by atoms with Crippen molar-refractivity contribution in [3.63, 3.8) is 0 Å². The molecular weight excluding hydrogens is 390 g/mol. The highest BCUT2D eigenvalue weighted by molar-refractivity contribution is 6.18. The summed E-state index contributed by atoms with van der Waals surface area (Å²) in [4.78, 5) is 26.5. The molecule has 29 heavy (non-hydrogen) atoms. The van der Waals surface area contributed by atoms with E-state index in [0.717, 1.165) is 17.5 Å². The molecule has 0 bridgehead atoms. The van der Waals surface area contributed by atoms with Gasteiger partial charge in [0.15, 0.2) is 0 Å². The van der Waals surface area contributed by atoms with E-state index in [1.54, 1.807) is 4.90 Å². The van der Waals surface area contributed by atoms with E-state index in [9.17, 15) is 9.59 Å².